The van der Waals surface area contributed by atoms with Crippen LogP contribution in [0.2, 0.25) is 0 Å². The summed E-state index contributed by atoms with van der Waals surface area (Å²) in [6, 6.07) is 83.9. The van der Waals surface area contributed by atoms with Crippen LogP contribution in [0.3, 0.4) is 0 Å². The largest absolute Gasteiger partial charge is 0.309 e. The highest BCUT2D eigenvalue weighted by Gasteiger charge is 2.26. The van der Waals surface area contributed by atoms with Gasteiger partial charge in [-0.25, -0.2) is 9.97 Å². The van der Waals surface area contributed by atoms with Gasteiger partial charge in [0.25, 0.3) is 0 Å². The highest BCUT2D eigenvalue weighted by atomic mass is 15.0. The lowest BCUT2D eigenvalue weighted by Crippen LogP contribution is -2.03. The monoisotopic (exact) mass is 849 g/mol. The molecule has 0 saturated heterocycles. The summed E-state index contributed by atoms with van der Waals surface area (Å²) >= 11 is 0. The van der Waals surface area contributed by atoms with Crippen molar-refractivity contribution in [2.45, 2.75) is 0 Å². The van der Waals surface area contributed by atoms with Crippen LogP contribution >= 0.6 is 0 Å². The van der Waals surface area contributed by atoms with Gasteiger partial charge in [0, 0.05) is 39.3 Å². The van der Waals surface area contributed by atoms with E-state index >= 15 is 0 Å². The number of benzene rings is 10. The minimum atomic E-state index is 0.690. The summed E-state index contributed by atoms with van der Waals surface area (Å²) in [5.74, 6) is 0.690. The van der Waals surface area contributed by atoms with Gasteiger partial charge in [-0.05, 0) is 120 Å². The Kier molecular flexibility index (Phi) is 8.28. The Bertz CT molecular complexity index is 3940. The first-order chi connectivity index (χ1) is 33.2. The number of fused-ring (bicyclic) bond motifs is 19. The summed E-state index contributed by atoms with van der Waals surface area (Å²) in [4.78, 5) is 10.7. The Labute approximate surface area is 388 Å². The summed E-state index contributed by atoms with van der Waals surface area (Å²) < 4.78 is 2.40. The van der Waals surface area contributed by atoms with Crippen LogP contribution < -0.4 is 0 Å². The molecule has 2 aliphatic rings. The second-order valence-corrected chi connectivity index (χ2v) is 17.6. The number of nitrogens with zero attached hydrogens (tertiary/aromatic N) is 3. The van der Waals surface area contributed by atoms with Gasteiger partial charge in [0.15, 0.2) is 5.82 Å². The summed E-state index contributed by atoms with van der Waals surface area (Å²) in [6.45, 7) is 0. The summed E-state index contributed by atoms with van der Waals surface area (Å²) in [5, 5.41) is 2.49. The molecule has 0 atom stereocenters. The molecule has 0 fully saturated rings. The molecular weight excluding hydrogens is 811 g/mol. The SMILES string of the molecule is c1cc(-c2ccc3c(c2)-c2ccccc2-c2ccccc2-c2ccccc2-3)cc(-c2ncc3c(n2)-c2ccccc2-c2ccccc2-c2cc(-n4c5ccccc5c5ccccc54)ccc2-3)c1. The zero-order valence-electron chi connectivity index (χ0n) is 36.4. The minimum absolute atomic E-state index is 0.690. The molecule has 14 rings (SSSR count). The molecule has 0 radical (unpaired) electrons. The van der Waals surface area contributed by atoms with E-state index < -0.39 is 0 Å². The Morgan fingerprint density at radius 1 is 0.269 bits per heavy atom. The quantitative estimate of drug-likeness (QED) is 0.177. The van der Waals surface area contributed by atoms with Gasteiger partial charge in [-0.15, -0.1) is 0 Å². The molecule has 67 heavy (non-hydrogen) atoms. The number of hydrogen-bond acceptors (Lipinski definition) is 2. The Morgan fingerprint density at radius 3 is 1.24 bits per heavy atom. The second kappa shape index (κ2) is 14.8. The molecule has 0 unspecified atom stereocenters. The van der Waals surface area contributed by atoms with E-state index in [0.29, 0.717) is 5.82 Å². The van der Waals surface area contributed by atoms with Crippen molar-refractivity contribution in [1.29, 1.82) is 0 Å². The number of hydrogen-bond donors (Lipinski definition) is 0. The van der Waals surface area contributed by atoms with Crippen LogP contribution in [-0.4, -0.2) is 14.5 Å². The van der Waals surface area contributed by atoms with Crippen LogP contribution in [0.25, 0.3) is 139 Å². The third-order valence-corrected chi connectivity index (χ3v) is 14.0. The Balaban J connectivity index is 0.926. The van der Waals surface area contributed by atoms with Crippen LogP contribution in [0.15, 0.2) is 237 Å². The smallest absolute Gasteiger partial charge is 0.159 e. The standard InChI is InChI=1S/C64H39N3/c1-2-19-45-44(18-1)46-20-3-4-22-48(46)53-34-32-41(37-58(53)51-25-7-5-21-47(45)51)40-16-15-17-42(36-40)64-65-39-60-54-35-33-43(67-61-30-13-11-27-55(61)56-28-12-14-31-62(56)67)38-59(54)52-26-8-6-23-49(52)50-24-9-10-29-57(50)63(60)66-64/h1-39H. The number of rotatable bonds is 3. The maximum absolute atomic E-state index is 5.54. The van der Waals surface area contributed by atoms with E-state index in [1.54, 1.807) is 0 Å². The molecule has 3 nitrogen and oxygen atoms in total. The second-order valence-electron chi connectivity index (χ2n) is 17.6. The Hall–Kier alpha value is -8.92. The van der Waals surface area contributed by atoms with Crippen molar-refractivity contribution in [2.75, 3.05) is 0 Å². The predicted octanol–water partition coefficient (Wildman–Crippen LogP) is 16.9. The molecule has 0 spiro atoms. The lowest BCUT2D eigenvalue weighted by atomic mass is 9.80. The highest BCUT2D eigenvalue weighted by molar-refractivity contribution is 6.10. The maximum Gasteiger partial charge on any atom is 0.159 e. The maximum atomic E-state index is 5.54. The minimum Gasteiger partial charge on any atom is -0.309 e. The average Bonchev–Trinajstić information content (AvgIpc) is 3.74. The first-order valence-electron chi connectivity index (χ1n) is 23.0. The molecule has 0 aliphatic heterocycles. The van der Waals surface area contributed by atoms with E-state index in [-0.39, 0.29) is 0 Å². The first-order valence-corrected chi connectivity index (χ1v) is 23.0. The Morgan fingerprint density at radius 2 is 0.672 bits per heavy atom. The number of para-hydroxylation sites is 2. The van der Waals surface area contributed by atoms with Gasteiger partial charge in [0.05, 0.1) is 16.7 Å². The van der Waals surface area contributed by atoms with E-state index in [2.05, 4.69) is 235 Å². The van der Waals surface area contributed by atoms with Gasteiger partial charge in [-0.1, -0.05) is 194 Å². The van der Waals surface area contributed by atoms with Crippen LogP contribution in [0.4, 0.5) is 0 Å². The molecule has 2 aromatic heterocycles. The van der Waals surface area contributed by atoms with Gasteiger partial charge in [0.1, 0.15) is 0 Å². The zero-order chi connectivity index (χ0) is 44.0. The van der Waals surface area contributed by atoms with Crippen LogP contribution in [0, 0.1) is 0 Å². The van der Waals surface area contributed by atoms with Crippen LogP contribution in [0.1, 0.15) is 0 Å². The van der Waals surface area contributed by atoms with Gasteiger partial charge in [-0.2, -0.15) is 0 Å². The van der Waals surface area contributed by atoms with Gasteiger partial charge < -0.3 is 4.57 Å². The molecule has 0 bridgehead atoms. The van der Waals surface area contributed by atoms with Crippen molar-refractivity contribution in [3.63, 3.8) is 0 Å². The lowest BCUT2D eigenvalue weighted by Gasteiger charge is -2.24. The molecule has 3 heteroatoms. The van der Waals surface area contributed by atoms with E-state index in [4.69, 9.17) is 9.97 Å². The molecule has 12 aromatic rings. The summed E-state index contributed by atoms with van der Waals surface area (Å²) in [5.41, 5.74) is 25.4. The molecule has 2 aliphatic carbocycles. The van der Waals surface area contributed by atoms with Crippen molar-refractivity contribution in [2.24, 2.45) is 0 Å². The average molecular weight is 850 g/mol. The summed E-state index contributed by atoms with van der Waals surface area (Å²) in [6.07, 6.45) is 2.05. The van der Waals surface area contributed by atoms with Crippen LogP contribution in [-0.2, 0) is 0 Å². The van der Waals surface area contributed by atoms with E-state index in [0.717, 1.165) is 55.9 Å². The predicted molar refractivity (Wildman–Crippen MR) is 278 cm³/mol. The van der Waals surface area contributed by atoms with Gasteiger partial charge >= 0.3 is 0 Å². The van der Waals surface area contributed by atoms with E-state index in [1.807, 2.05) is 6.20 Å². The fourth-order valence-electron chi connectivity index (χ4n) is 11.0. The van der Waals surface area contributed by atoms with Gasteiger partial charge in [-0.3, -0.25) is 0 Å². The van der Waals surface area contributed by atoms with E-state index in [9.17, 15) is 0 Å². The van der Waals surface area contributed by atoms with Gasteiger partial charge in [0.2, 0.25) is 0 Å². The fraction of sp³-hybridized carbons (Fsp3) is 0. The third-order valence-electron chi connectivity index (χ3n) is 14.0. The van der Waals surface area contributed by atoms with Crippen LogP contribution in [0.5, 0.6) is 0 Å². The van der Waals surface area contributed by atoms with Crippen molar-refractivity contribution in [1.82, 2.24) is 14.5 Å². The molecule has 2 heterocycles. The third kappa shape index (κ3) is 5.78. The topological polar surface area (TPSA) is 30.7 Å². The molecular formula is C64H39N3. The normalized spacial score (nSPS) is 11.9. The van der Waals surface area contributed by atoms with Crippen molar-refractivity contribution >= 4 is 21.8 Å². The molecule has 310 valence electrons. The molecule has 0 N–H and O–H groups in total. The number of aromatic nitrogens is 3. The molecule has 0 saturated carbocycles. The molecule has 0 amide bonds. The molecule has 10 aromatic carbocycles. The lowest BCUT2D eigenvalue weighted by molar-refractivity contribution is 1.17. The highest BCUT2D eigenvalue weighted by Crippen LogP contribution is 2.50. The summed E-state index contributed by atoms with van der Waals surface area (Å²) in [7, 11) is 0. The zero-order valence-corrected chi connectivity index (χ0v) is 36.4. The van der Waals surface area contributed by atoms with Crippen molar-refractivity contribution in [3.8, 4) is 117 Å². The van der Waals surface area contributed by atoms with E-state index in [1.165, 1.54) is 77.4 Å². The van der Waals surface area contributed by atoms with Crippen molar-refractivity contribution < 1.29 is 0 Å². The fourth-order valence-corrected chi connectivity index (χ4v) is 11.0. The first kappa shape index (κ1) is 37.5. The van der Waals surface area contributed by atoms with Crippen molar-refractivity contribution in [3.05, 3.63) is 237 Å².